The molecular formula is C48H63NO10. The first kappa shape index (κ1) is 44.9. The van der Waals surface area contributed by atoms with Gasteiger partial charge in [-0.3, -0.25) is 4.79 Å². The van der Waals surface area contributed by atoms with Gasteiger partial charge < -0.3 is 42.8 Å². The highest BCUT2D eigenvalue weighted by Gasteiger charge is 2.41. The maximum absolute atomic E-state index is 15.2. The molecule has 5 rings (SSSR count). The number of methoxy groups -OCH3 is 4. The lowest BCUT2D eigenvalue weighted by Crippen LogP contribution is -2.51. The molecule has 11 nitrogen and oxygen atoms in total. The van der Waals surface area contributed by atoms with Gasteiger partial charge in [-0.05, 0) is 104 Å². The molecule has 59 heavy (non-hydrogen) atoms. The number of carbonyl (C=O) groups is 2. The van der Waals surface area contributed by atoms with Crippen molar-refractivity contribution < 1.29 is 47.5 Å². The summed E-state index contributed by atoms with van der Waals surface area (Å²) in [6.07, 6.45) is 11.7. The molecule has 1 amide bonds. The van der Waals surface area contributed by atoms with Crippen LogP contribution in [0.4, 0.5) is 0 Å². The number of aryl methyl sites for hydroxylation is 1. The Balaban J connectivity index is 1.44. The fourth-order valence-corrected chi connectivity index (χ4v) is 8.26. The van der Waals surface area contributed by atoms with Crippen molar-refractivity contribution in [2.75, 3.05) is 61.4 Å². The number of ether oxygens (including phenoxy) is 8. The van der Waals surface area contributed by atoms with Crippen molar-refractivity contribution in [1.82, 2.24) is 4.90 Å². The van der Waals surface area contributed by atoms with Crippen molar-refractivity contribution in [3.63, 3.8) is 0 Å². The number of likely N-dealkylation sites (tertiary alicyclic amines) is 1. The van der Waals surface area contributed by atoms with Crippen LogP contribution in [0.25, 0.3) is 0 Å². The third kappa shape index (κ3) is 12.2. The minimum Gasteiger partial charge on any atom is -0.493 e. The minimum absolute atomic E-state index is 0.0729. The van der Waals surface area contributed by atoms with Crippen molar-refractivity contribution in [2.24, 2.45) is 5.92 Å². The molecule has 2 fully saturated rings. The second kappa shape index (κ2) is 23.4. The van der Waals surface area contributed by atoms with E-state index in [0.29, 0.717) is 93.2 Å². The van der Waals surface area contributed by atoms with E-state index in [1.165, 1.54) is 0 Å². The zero-order chi connectivity index (χ0) is 42.0. The first-order valence-electron chi connectivity index (χ1n) is 21.0. The molecule has 11 heteroatoms. The molecule has 1 aliphatic heterocycles. The Hall–Kier alpha value is -5.16. The summed E-state index contributed by atoms with van der Waals surface area (Å²) in [4.78, 5) is 31.5. The molecule has 0 aromatic heterocycles. The highest BCUT2D eigenvalue weighted by Crippen LogP contribution is 2.45. The number of benzene rings is 3. The van der Waals surface area contributed by atoms with Gasteiger partial charge in [0.05, 0.1) is 54.2 Å². The second-order valence-electron chi connectivity index (χ2n) is 15.1. The van der Waals surface area contributed by atoms with Gasteiger partial charge in [0.25, 0.3) is 0 Å². The van der Waals surface area contributed by atoms with Crippen LogP contribution in [0, 0.1) is 5.92 Å². The first-order chi connectivity index (χ1) is 28.8. The van der Waals surface area contributed by atoms with Gasteiger partial charge in [-0.2, -0.15) is 0 Å². The average molecular weight is 814 g/mol. The number of hydrogen-bond donors (Lipinski definition) is 0. The molecular weight excluding hydrogens is 751 g/mol. The van der Waals surface area contributed by atoms with Crippen molar-refractivity contribution in [3.8, 4) is 34.5 Å². The smallest absolute Gasteiger partial charge is 0.329 e. The molecule has 1 heterocycles. The molecule has 1 saturated carbocycles. The van der Waals surface area contributed by atoms with Crippen LogP contribution in [-0.4, -0.2) is 84.2 Å². The van der Waals surface area contributed by atoms with Crippen molar-refractivity contribution in [1.29, 1.82) is 0 Å². The van der Waals surface area contributed by atoms with Crippen molar-refractivity contribution in [2.45, 2.75) is 88.7 Å². The molecule has 0 bridgehead atoms. The zero-order valence-corrected chi connectivity index (χ0v) is 35.4. The number of amides is 1. The summed E-state index contributed by atoms with van der Waals surface area (Å²) >= 11 is 0. The fourth-order valence-electron chi connectivity index (χ4n) is 8.26. The van der Waals surface area contributed by atoms with Gasteiger partial charge in [-0.25, -0.2) is 4.79 Å². The summed E-state index contributed by atoms with van der Waals surface area (Å²) in [7, 11) is 6.39. The Labute approximate surface area is 350 Å². The topological polar surface area (TPSA) is 111 Å². The lowest BCUT2D eigenvalue weighted by molar-refractivity contribution is -0.163. The van der Waals surface area contributed by atoms with Crippen molar-refractivity contribution >= 4 is 11.9 Å². The van der Waals surface area contributed by atoms with Crippen LogP contribution in [0.1, 0.15) is 92.9 Å². The molecule has 1 aliphatic carbocycles. The SMILES string of the molecule is C=CCOCCCOc1cc(C(C(=O)N2CCCCC2C(=O)OC(CCc2ccc(OC)c(OC)c2)c2cccc(OCC=C)c2)C2CCCCC2)cc(OC)c1OC. The van der Waals surface area contributed by atoms with E-state index in [4.69, 9.17) is 37.9 Å². The Morgan fingerprint density at radius 3 is 2.22 bits per heavy atom. The van der Waals surface area contributed by atoms with Crippen molar-refractivity contribution in [3.05, 3.63) is 96.6 Å². The zero-order valence-electron chi connectivity index (χ0n) is 35.4. The van der Waals surface area contributed by atoms with E-state index in [2.05, 4.69) is 13.2 Å². The summed E-state index contributed by atoms with van der Waals surface area (Å²) in [6, 6.07) is 16.5. The van der Waals surface area contributed by atoms with E-state index in [1.807, 2.05) is 54.6 Å². The maximum Gasteiger partial charge on any atom is 0.329 e. The highest BCUT2D eigenvalue weighted by atomic mass is 16.5. The number of carbonyl (C=O) groups excluding carboxylic acids is 2. The third-order valence-corrected chi connectivity index (χ3v) is 11.2. The van der Waals surface area contributed by atoms with Crippen LogP contribution in [0.3, 0.4) is 0 Å². The van der Waals surface area contributed by atoms with E-state index in [9.17, 15) is 4.79 Å². The summed E-state index contributed by atoms with van der Waals surface area (Å²) in [5.41, 5.74) is 2.60. The van der Waals surface area contributed by atoms with E-state index in [1.54, 1.807) is 45.5 Å². The Morgan fingerprint density at radius 2 is 1.49 bits per heavy atom. The van der Waals surface area contributed by atoms with Gasteiger partial charge in [0, 0.05) is 13.0 Å². The quantitative estimate of drug-likeness (QED) is 0.0522. The summed E-state index contributed by atoms with van der Waals surface area (Å²) < 4.78 is 46.8. The van der Waals surface area contributed by atoms with Crippen LogP contribution in [0.5, 0.6) is 34.5 Å². The lowest BCUT2D eigenvalue weighted by Gasteiger charge is -2.40. The Bertz CT molecular complexity index is 1820. The Morgan fingerprint density at radius 1 is 0.746 bits per heavy atom. The normalized spacial score (nSPS) is 16.6. The van der Waals surface area contributed by atoms with E-state index in [0.717, 1.165) is 61.6 Å². The summed E-state index contributed by atoms with van der Waals surface area (Å²) in [5.74, 6) is 2.47. The predicted octanol–water partition coefficient (Wildman–Crippen LogP) is 9.22. The number of hydrogen-bond acceptors (Lipinski definition) is 10. The number of esters is 1. The number of piperidine rings is 1. The molecule has 0 N–H and O–H groups in total. The molecule has 3 aromatic carbocycles. The predicted molar refractivity (Wildman–Crippen MR) is 228 cm³/mol. The monoisotopic (exact) mass is 813 g/mol. The van der Waals surface area contributed by atoms with Crippen LogP contribution < -0.4 is 28.4 Å². The fraction of sp³-hybridized carbons (Fsp3) is 0.500. The Kier molecular flexibility index (Phi) is 17.8. The summed E-state index contributed by atoms with van der Waals surface area (Å²) in [5, 5.41) is 0. The van der Waals surface area contributed by atoms with Gasteiger partial charge >= 0.3 is 5.97 Å². The van der Waals surface area contributed by atoms with Gasteiger partial charge in [0.1, 0.15) is 24.5 Å². The molecule has 3 aromatic rings. The molecule has 0 radical (unpaired) electrons. The molecule has 3 atom stereocenters. The van der Waals surface area contributed by atoms with E-state index < -0.39 is 24.0 Å². The number of nitrogens with zero attached hydrogens (tertiary/aromatic N) is 1. The van der Waals surface area contributed by atoms with Gasteiger partial charge in [0.2, 0.25) is 11.7 Å². The van der Waals surface area contributed by atoms with Gasteiger partial charge in [-0.1, -0.05) is 56.2 Å². The standard InChI is InChI=1S/C48H63NO10/c1-7-26-56-28-15-29-58-44-33-37(32-43(54-5)46(44)55-6)45(35-16-10-9-11-17-35)47(50)49-25-13-12-20-39(49)48(51)59-40(36-18-14-19-38(31-36)57-27-8-2)23-21-34-22-24-41(52-3)42(30-34)53-4/h7-8,14,18-19,22,24,30-33,35,39-40,45H,1-2,9-13,15-17,20-21,23,25-29H2,3-6H3. The van der Waals surface area contributed by atoms with Crippen LogP contribution >= 0.6 is 0 Å². The molecule has 3 unspecified atom stereocenters. The van der Waals surface area contributed by atoms with Gasteiger partial charge in [-0.15, -0.1) is 6.58 Å². The minimum atomic E-state index is -0.738. The van der Waals surface area contributed by atoms with E-state index >= 15 is 4.79 Å². The van der Waals surface area contributed by atoms with Crippen LogP contribution in [-0.2, 0) is 25.5 Å². The third-order valence-electron chi connectivity index (χ3n) is 11.2. The van der Waals surface area contributed by atoms with Crippen LogP contribution in [0.15, 0.2) is 79.9 Å². The molecule has 2 aliphatic rings. The largest absolute Gasteiger partial charge is 0.493 e. The van der Waals surface area contributed by atoms with Gasteiger partial charge in [0.15, 0.2) is 23.0 Å². The number of rotatable bonds is 23. The first-order valence-corrected chi connectivity index (χ1v) is 21.0. The molecule has 0 spiro atoms. The molecule has 1 saturated heterocycles. The van der Waals surface area contributed by atoms with E-state index in [-0.39, 0.29) is 11.8 Å². The highest BCUT2D eigenvalue weighted by molar-refractivity contribution is 5.89. The second-order valence-corrected chi connectivity index (χ2v) is 15.1. The average Bonchev–Trinajstić information content (AvgIpc) is 3.28. The van der Waals surface area contributed by atoms with Crippen LogP contribution in [0.2, 0.25) is 0 Å². The molecule has 320 valence electrons. The summed E-state index contributed by atoms with van der Waals surface area (Å²) in [6.45, 7) is 9.66. The maximum atomic E-state index is 15.2. The lowest BCUT2D eigenvalue weighted by atomic mass is 9.75.